The zero-order valence-electron chi connectivity index (χ0n) is 41.8. The van der Waals surface area contributed by atoms with Crippen molar-refractivity contribution in [1.82, 2.24) is 9.97 Å². The number of unbranched alkanes of at least 4 members (excludes halogenated alkanes) is 10. The van der Waals surface area contributed by atoms with Crippen molar-refractivity contribution in [2.45, 2.75) is 233 Å². The molecule has 370 valence electrons. The SMILES string of the molecule is C1CCOC1.CC(C)(C)[Si](C)(C)Oc1ccc(NC(=O)OC2CCCCC2)nc1.CCCCCCCC.CCCCCCCC.NF.O=C(Nc1ccc(O)cn1)OC1CCCCC1. The zero-order chi connectivity index (χ0) is 47.9. The molecule has 0 spiro atoms. The van der Waals surface area contributed by atoms with E-state index in [0.717, 1.165) is 70.3 Å². The Hall–Kier alpha value is -3.49. The Bertz CT molecular complexity index is 1350. The number of amides is 2. The van der Waals surface area contributed by atoms with Gasteiger partial charge in [-0.3, -0.25) is 10.6 Å². The molecule has 2 aromatic rings. The van der Waals surface area contributed by atoms with Crippen LogP contribution in [0.5, 0.6) is 11.5 Å². The van der Waals surface area contributed by atoms with Crippen molar-refractivity contribution >= 4 is 32.1 Å². The van der Waals surface area contributed by atoms with Gasteiger partial charge in [-0.05, 0) is 107 Å². The molecule has 0 aromatic carbocycles. The minimum atomic E-state index is -1.88. The molecule has 1 aliphatic heterocycles. The lowest BCUT2D eigenvalue weighted by Crippen LogP contribution is -2.43. The van der Waals surface area contributed by atoms with Gasteiger partial charge in [0.2, 0.25) is 0 Å². The van der Waals surface area contributed by atoms with Gasteiger partial charge in [0.1, 0.15) is 35.3 Å². The fourth-order valence-corrected chi connectivity index (χ4v) is 7.59. The number of anilines is 2. The summed E-state index contributed by atoms with van der Waals surface area (Å²) in [6.45, 7) is 22.0. The monoisotopic (exact) mass is 922 g/mol. The van der Waals surface area contributed by atoms with E-state index in [1.807, 2.05) is 6.07 Å². The summed E-state index contributed by atoms with van der Waals surface area (Å²) >= 11 is 0. The highest BCUT2D eigenvalue weighted by Crippen LogP contribution is 2.37. The van der Waals surface area contributed by atoms with Gasteiger partial charge in [-0.15, -0.1) is 4.48 Å². The Labute approximate surface area is 389 Å². The summed E-state index contributed by atoms with van der Waals surface area (Å²) in [5, 5.41) is 14.4. The van der Waals surface area contributed by atoms with Crippen LogP contribution in [0.3, 0.4) is 0 Å². The summed E-state index contributed by atoms with van der Waals surface area (Å²) in [6, 6.07) is 6.59. The minimum absolute atomic E-state index is 0.0286. The second kappa shape index (κ2) is 38.7. The zero-order valence-corrected chi connectivity index (χ0v) is 42.8. The molecule has 5 rings (SSSR count). The molecule has 0 atom stereocenters. The van der Waals surface area contributed by atoms with Crippen LogP contribution in [0.2, 0.25) is 18.1 Å². The van der Waals surface area contributed by atoms with E-state index in [1.165, 1.54) is 121 Å². The average Bonchev–Trinajstić information content (AvgIpc) is 3.88. The summed E-state index contributed by atoms with van der Waals surface area (Å²) in [5.41, 5.74) is 0. The summed E-state index contributed by atoms with van der Waals surface area (Å²) in [4.78, 5) is 31.6. The van der Waals surface area contributed by atoms with E-state index >= 15 is 0 Å². The molecular formula is C50H92FN5O7Si. The van der Waals surface area contributed by atoms with Gasteiger partial charge in [0.15, 0.2) is 0 Å². The molecule has 2 saturated carbocycles. The lowest BCUT2D eigenvalue weighted by atomic mass is 9.98. The van der Waals surface area contributed by atoms with E-state index in [9.17, 15) is 9.59 Å². The maximum absolute atomic E-state index is 11.9. The van der Waals surface area contributed by atoms with E-state index in [0.29, 0.717) is 11.6 Å². The first kappa shape index (κ1) is 60.5. The number of aromatic hydroxyl groups is 1. The van der Waals surface area contributed by atoms with E-state index in [2.05, 4.69) is 88.1 Å². The van der Waals surface area contributed by atoms with Crippen LogP contribution in [0.25, 0.3) is 0 Å². The first-order valence-electron chi connectivity index (χ1n) is 24.8. The van der Waals surface area contributed by atoms with Crippen LogP contribution < -0.4 is 21.0 Å². The fourth-order valence-electron chi connectivity index (χ4n) is 6.58. The van der Waals surface area contributed by atoms with Gasteiger partial charge in [0.25, 0.3) is 8.32 Å². The number of hydrogen-bond donors (Lipinski definition) is 4. The highest BCUT2D eigenvalue weighted by Gasteiger charge is 2.39. The van der Waals surface area contributed by atoms with Gasteiger partial charge < -0.3 is 23.7 Å². The van der Waals surface area contributed by atoms with Crippen LogP contribution in [0, 0.1) is 0 Å². The number of nitrogens with zero attached hydrogens (tertiary/aromatic N) is 2. The second-order valence-electron chi connectivity index (χ2n) is 18.4. The number of nitrogens with two attached hydrogens (primary N) is 1. The summed E-state index contributed by atoms with van der Waals surface area (Å²) in [5.74, 6) is 4.67. The lowest BCUT2D eigenvalue weighted by Gasteiger charge is -2.36. The Morgan fingerprint density at radius 3 is 1.34 bits per heavy atom. The number of pyridine rings is 2. The molecule has 3 heterocycles. The number of aromatic nitrogens is 2. The molecule has 0 bridgehead atoms. The van der Waals surface area contributed by atoms with Crippen molar-refractivity contribution in [3.05, 3.63) is 36.7 Å². The van der Waals surface area contributed by atoms with Crippen LogP contribution in [-0.2, 0) is 14.2 Å². The van der Waals surface area contributed by atoms with E-state index in [4.69, 9.17) is 28.2 Å². The number of carbonyl (C=O) groups is 2. The molecule has 2 aromatic heterocycles. The van der Waals surface area contributed by atoms with Crippen molar-refractivity contribution in [2.24, 2.45) is 5.96 Å². The molecule has 0 unspecified atom stereocenters. The van der Waals surface area contributed by atoms with Gasteiger partial charge in [0.05, 0.1) is 12.4 Å². The molecule has 3 aliphatic rings. The van der Waals surface area contributed by atoms with Crippen molar-refractivity contribution in [1.29, 1.82) is 0 Å². The maximum atomic E-state index is 11.9. The average molecular weight is 922 g/mol. The smallest absolute Gasteiger partial charge is 0.413 e. The first-order chi connectivity index (χ1) is 30.7. The third-order valence-corrected chi connectivity index (χ3v) is 15.9. The molecule has 2 amide bonds. The Balaban J connectivity index is 0.000000856. The van der Waals surface area contributed by atoms with Crippen LogP contribution in [0.4, 0.5) is 25.7 Å². The minimum Gasteiger partial charge on any atom is -0.542 e. The molecule has 1 saturated heterocycles. The quantitative estimate of drug-likeness (QED) is 0.0723. The molecule has 5 N–H and O–H groups in total. The highest BCUT2D eigenvalue weighted by molar-refractivity contribution is 6.74. The highest BCUT2D eigenvalue weighted by atomic mass is 28.4. The molecule has 64 heavy (non-hydrogen) atoms. The van der Waals surface area contributed by atoms with Crippen molar-refractivity contribution in [3.8, 4) is 11.5 Å². The van der Waals surface area contributed by atoms with Gasteiger partial charge in [-0.25, -0.2) is 19.6 Å². The standard InChI is InChI=1S/C18H30N2O3Si.C12H16N2O3.2C8H18.C4H8O.FH2N/c1-18(2,3)24(4,5)23-15-11-12-16(19-13-15)20-17(21)22-14-9-7-6-8-10-14;15-9-6-7-11(13-8-9)14-12(16)17-10-4-2-1-3-5-10;2*1-3-5-7-8-6-4-2;1-2-4-5-3-1;1-2/h11-14H,6-10H2,1-5H3,(H,19,20,21);6-8,10,15H,1-5H2,(H,13,14,16);2*3-8H2,1-2H3;1-4H2;2H2. The number of hydrogen-bond acceptors (Lipinski definition) is 10. The van der Waals surface area contributed by atoms with E-state index < -0.39 is 20.5 Å². The number of halogens is 1. The van der Waals surface area contributed by atoms with Gasteiger partial charge in [-0.2, -0.15) is 5.96 Å². The Kier molecular flexibility index (Phi) is 36.6. The summed E-state index contributed by atoms with van der Waals surface area (Å²) in [7, 11) is -1.88. The molecule has 12 nitrogen and oxygen atoms in total. The first-order valence-corrected chi connectivity index (χ1v) is 27.7. The van der Waals surface area contributed by atoms with Crippen molar-refractivity contribution < 1.29 is 37.8 Å². The topological polar surface area (TPSA) is 167 Å². The van der Waals surface area contributed by atoms with Crippen LogP contribution in [0.15, 0.2) is 36.7 Å². The summed E-state index contributed by atoms with van der Waals surface area (Å²) < 4.78 is 30.8. The fraction of sp³-hybridized carbons (Fsp3) is 0.760. The van der Waals surface area contributed by atoms with Crippen LogP contribution in [0.1, 0.15) is 203 Å². The Morgan fingerprint density at radius 2 is 1.05 bits per heavy atom. The lowest BCUT2D eigenvalue weighted by molar-refractivity contribution is 0.0857. The predicted molar refractivity (Wildman–Crippen MR) is 265 cm³/mol. The molecular weight excluding hydrogens is 830 g/mol. The number of ether oxygens (including phenoxy) is 3. The molecule has 3 fully saturated rings. The van der Waals surface area contributed by atoms with Crippen LogP contribution >= 0.6 is 0 Å². The maximum Gasteiger partial charge on any atom is 0.413 e. The molecule has 0 radical (unpaired) electrons. The molecule has 2 aliphatic carbocycles. The van der Waals surface area contributed by atoms with Gasteiger partial charge >= 0.3 is 12.2 Å². The van der Waals surface area contributed by atoms with Crippen molar-refractivity contribution in [2.75, 3.05) is 23.8 Å². The number of carbonyl (C=O) groups excluding carboxylic acids is 2. The van der Waals surface area contributed by atoms with E-state index in [1.54, 1.807) is 12.3 Å². The number of nitrogens with one attached hydrogen (secondary N) is 2. The number of rotatable bonds is 16. The largest absolute Gasteiger partial charge is 0.542 e. The van der Waals surface area contributed by atoms with Crippen molar-refractivity contribution in [3.63, 3.8) is 0 Å². The second-order valence-corrected chi connectivity index (χ2v) is 23.1. The Morgan fingerprint density at radius 1 is 0.656 bits per heavy atom. The van der Waals surface area contributed by atoms with E-state index in [-0.39, 0.29) is 23.0 Å². The van der Waals surface area contributed by atoms with Gasteiger partial charge in [-0.1, -0.05) is 138 Å². The normalized spacial score (nSPS) is 15.0. The van der Waals surface area contributed by atoms with Crippen LogP contribution in [-0.4, -0.2) is 61.0 Å². The molecule has 14 heteroatoms. The predicted octanol–water partition coefficient (Wildman–Crippen LogP) is 15.4. The third-order valence-electron chi connectivity index (χ3n) is 11.5. The summed E-state index contributed by atoms with van der Waals surface area (Å²) in [6.07, 6.45) is 32.4. The third kappa shape index (κ3) is 32.2. The van der Waals surface area contributed by atoms with Gasteiger partial charge in [0, 0.05) is 13.2 Å².